The zero-order valence-corrected chi connectivity index (χ0v) is 19.7. The van der Waals surface area contributed by atoms with Crippen molar-refractivity contribution in [1.29, 1.82) is 0 Å². The van der Waals surface area contributed by atoms with Crippen molar-refractivity contribution in [2.45, 2.75) is 86.8 Å². The number of hydrogen-bond donors (Lipinski definition) is 2. The molecule has 0 spiro atoms. The lowest BCUT2D eigenvalue weighted by Gasteiger charge is -2.60. The minimum atomic E-state index is -3.88. The van der Waals surface area contributed by atoms with E-state index in [1.54, 1.807) is 32.0 Å². The SMILES string of the molecule is Cc1c(Cl)cccc1S(=O)(=O)N1CCC[C@]1(C)C(=O)NC12CC3CC(CC(O)(C3)C1)C2. The average molecular weight is 467 g/mol. The Morgan fingerprint density at radius 2 is 1.90 bits per heavy atom. The summed E-state index contributed by atoms with van der Waals surface area (Å²) in [6.07, 6.45) is 6.23. The average Bonchev–Trinajstić information content (AvgIpc) is 3.05. The molecule has 4 aliphatic carbocycles. The molecule has 1 heterocycles. The Morgan fingerprint density at radius 1 is 1.23 bits per heavy atom. The van der Waals surface area contributed by atoms with Crippen LogP contribution in [-0.4, -0.2) is 47.0 Å². The van der Waals surface area contributed by atoms with Crippen LogP contribution in [0.4, 0.5) is 0 Å². The van der Waals surface area contributed by atoms with E-state index in [4.69, 9.17) is 11.6 Å². The molecule has 170 valence electrons. The summed E-state index contributed by atoms with van der Waals surface area (Å²) < 4.78 is 28.5. The fourth-order valence-electron chi connectivity index (χ4n) is 7.27. The summed E-state index contributed by atoms with van der Waals surface area (Å²) in [4.78, 5) is 13.8. The summed E-state index contributed by atoms with van der Waals surface area (Å²) in [5.74, 6) is 0.646. The van der Waals surface area contributed by atoms with Crippen molar-refractivity contribution in [3.05, 3.63) is 28.8 Å². The predicted molar refractivity (Wildman–Crippen MR) is 118 cm³/mol. The van der Waals surface area contributed by atoms with Gasteiger partial charge in [0.25, 0.3) is 0 Å². The van der Waals surface area contributed by atoms with Crippen molar-refractivity contribution < 1.29 is 18.3 Å². The first-order valence-electron chi connectivity index (χ1n) is 11.3. The van der Waals surface area contributed by atoms with Gasteiger partial charge in [-0.25, -0.2) is 8.42 Å². The Bertz CT molecular complexity index is 1030. The summed E-state index contributed by atoms with van der Waals surface area (Å²) >= 11 is 6.19. The van der Waals surface area contributed by atoms with Gasteiger partial charge in [-0.05, 0) is 94.7 Å². The number of sulfonamides is 1. The maximum atomic E-state index is 13.7. The van der Waals surface area contributed by atoms with E-state index in [1.807, 2.05) is 0 Å². The van der Waals surface area contributed by atoms with Gasteiger partial charge < -0.3 is 10.4 Å². The van der Waals surface area contributed by atoms with Crippen molar-refractivity contribution in [2.24, 2.45) is 11.8 Å². The number of benzene rings is 1. The van der Waals surface area contributed by atoms with Gasteiger partial charge in [-0.15, -0.1) is 0 Å². The highest BCUT2D eigenvalue weighted by atomic mass is 35.5. The van der Waals surface area contributed by atoms with Crippen molar-refractivity contribution in [1.82, 2.24) is 9.62 Å². The maximum absolute atomic E-state index is 13.7. The monoisotopic (exact) mass is 466 g/mol. The summed E-state index contributed by atoms with van der Waals surface area (Å²) in [6, 6.07) is 4.86. The molecular formula is C23H31ClN2O4S. The molecule has 1 aromatic carbocycles. The Hall–Kier alpha value is -1.15. The van der Waals surface area contributed by atoms with Gasteiger partial charge in [-0.3, -0.25) is 4.79 Å². The van der Waals surface area contributed by atoms with Crippen LogP contribution in [0.5, 0.6) is 0 Å². The fourth-order valence-corrected chi connectivity index (χ4v) is 9.56. The van der Waals surface area contributed by atoms with E-state index in [-0.39, 0.29) is 10.8 Å². The van der Waals surface area contributed by atoms with Gasteiger partial charge in [-0.1, -0.05) is 17.7 Å². The first-order valence-corrected chi connectivity index (χ1v) is 13.1. The third kappa shape index (κ3) is 3.35. The van der Waals surface area contributed by atoms with Gasteiger partial charge in [0, 0.05) is 17.1 Å². The van der Waals surface area contributed by atoms with Gasteiger partial charge in [0.2, 0.25) is 15.9 Å². The van der Waals surface area contributed by atoms with Crippen LogP contribution < -0.4 is 5.32 Å². The smallest absolute Gasteiger partial charge is 0.244 e. The van der Waals surface area contributed by atoms with Crippen molar-refractivity contribution in [3.63, 3.8) is 0 Å². The second-order valence-electron chi connectivity index (χ2n) is 10.7. The Kier molecular flexibility index (Phi) is 4.84. The lowest BCUT2D eigenvalue weighted by molar-refractivity contribution is -0.154. The van der Waals surface area contributed by atoms with Crippen LogP contribution in [0, 0.1) is 18.8 Å². The molecule has 1 aromatic rings. The molecule has 2 N–H and O–H groups in total. The molecule has 8 heteroatoms. The number of aliphatic hydroxyl groups is 1. The number of hydrogen-bond acceptors (Lipinski definition) is 4. The zero-order chi connectivity index (χ0) is 22.2. The number of nitrogens with one attached hydrogen (secondary N) is 1. The number of carbonyl (C=O) groups excluding carboxylic acids is 1. The molecule has 1 aliphatic heterocycles. The second-order valence-corrected chi connectivity index (χ2v) is 13.0. The van der Waals surface area contributed by atoms with Crippen LogP contribution in [0.2, 0.25) is 5.02 Å². The van der Waals surface area contributed by atoms with Crippen LogP contribution in [-0.2, 0) is 14.8 Å². The topological polar surface area (TPSA) is 86.7 Å². The molecule has 2 unspecified atom stereocenters. The first-order chi connectivity index (χ1) is 14.5. The lowest BCUT2D eigenvalue weighted by Crippen LogP contribution is -2.68. The molecule has 3 atom stereocenters. The highest BCUT2D eigenvalue weighted by Crippen LogP contribution is 2.57. The van der Waals surface area contributed by atoms with E-state index in [2.05, 4.69) is 5.32 Å². The van der Waals surface area contributed by atoms with E-state index in [1.165, 1.54) is 4.31 Å². The lowest BCUT2D eigenvalue weighted by atomic mass is 9.51. The van der Waals surface area contributed by atoms with Crippen LogP contribution in [0.25, 0.3) is 0 Å². The van der Waals surface area contributed by atoms with Crippen LogP contribution in [0.15, 0.2) is 23.1 Å². The molecule has 1 amide bonds. The summed E-state index contributed by atoms with van der Waals surface area (Å²) in [7, 11) is -3.88. The normalized spacial score (nSPS) is 39.7. The quantitative estimate of drug-likeness (QED) is 0.712. The van der Waals surface area contributed by atoms with E-state index in [0.717, 1.165) is 32.1 Å². The van der Waals surface area contributed by atoms with Gasteiger partial charge in [-0.2, -0.15) is 4.31 Å². The minimum Gasteiger partial charge on any atom is -0.390 e. The molecule has 6 nitrogen and oxygen atoms in total. The first kappa shape index (κ1) is 21.7. The minimum absolute atomic E-state index is 0.157. The van der Waals surface area contributed by atoms with Gasteiger partial charge in [0.1, 0.15) is 5.54 Å². The van der Waals surface area contributed by atoms with Gasteiger partial charge in [0.15, 0.2) is 0 Å². The van der Waals surface area contributed by atoms with Crippen molar-refractivity contribution >= 4 is 27.5 Å². The number of halogens is 1. The Labute approximate surface area is 189 Å². The summed E-state index contributed by atoms with van der Waals surface area (Å²) in [5, 5.41) is 14.7. The zero-order valence-electron chi connectivity index (χ0n) is 18.2. The molecular weight excluding hydrogens is 436 g/mol. The number of nitrogens with zero attached hydrogens (tertiary/aromatic N) is 1. The van der Waals surface area contributed by atoms with E-state index in [0.29, 0.717) is 48.2 Å². The molecule has 31 heavy (non-hydrogen) atoms. The largest absolute Gasteiger partial charge is 0.390 e. The molecule has 4 bridgehead atoms. The molecule has 5 fully saturated rings. The molecule has 5 aliphatic rings. The highest BCUT2D eigenvalue weighted by Gasteiger charge is 2.59. The number of rotatable bonds is 4. The molecule has 1 saturated heterocycles. The fraction of sp³-hybridized carbons (Fsp3) is 0.696. The van der Waals surface area contributed by atoms with Gasteiger partial charge in [0.05, 0.1) is 10.5 Å². The molecule has 6 rings (SSSR count). The standard InChI is InChI=1S/C23H31ClN2O4S/c1-15-18(24)5-3-6-19(15)31(29,30)26-8-4-7-21(26,2)20(27)25-22-10-16-9-17(11-22)13-23(28,12-16)14-22/h3,5-6,16-17,28H,4,7-14H2,1-2H3,(H,25,27)/t16?,17?,21-,22?,23?/m1/s1. The summed E-state index contributed by atoms with van der Waals surface area (Å²) in [5.41, 5.74) is -1.75. The molecule has 0 aromatic heterocycles. The molecule has 4 saturated carbocycles. The second kappa shape index (κ2) is 6.92. The van der Waals surface area contributed by atoms with Crippen LogP contribution in [0.3, 0.4) is 0 Å². The van der Waals surface area contributed by atoms with Crippen molar-refractivity contribution in [2.75, 3.05) is 6.54 Å². The molecule has 0 radical (unpaired) electrons. The van der Waals surface area contributed by atoms with E-state index >= 15 is 0 Å². The number of amides is 1. The Balaban J connectivity index is 1.44. The highest BCUT2D eigenvalue weighted by molar-refractivity contribution is 7.89. The van der Waals surface area contributed by atoms with E-state index < -0.39 is 26.7 Å². The number of carbonyl (C=O) groups is 1. The predicted octanol–water partition coefficient (Wildman–Crippen LogP) is 3.39. The maximum Gasteiger partial charge on any atom is 0.244 e. The van der Waals surface area contributed by atoms with E-state index in [9.17, 15) is 18.3 Å². The Morgan fingerprint density at radius 3 is 2.55 bits per heavy atom. The van der Waals surface area contributed by atoms with Gasteiger partial charge >= 0.3 is 0 Å². The van der Waals surface area contributed by atoms with Crippen molar-refractivity contribution in [3.8, 4) is 0 Å². The third-order valence-corrected chi connectivity index (χ3v) is 10.8. The van der Waals surface area contributed by atoms with Crippen LogP contribution in [0.1, 0.15) is 63.9 Å². The third-order valence-electron chi connectivity index (χ3n) is 8.26. The van der Waals surface area contributed by atoms with Crippen LogP contribution >= 0.6 is 11.6 Å². The summed E-state index contributed by atoms with van der Waals surface area (Å²) in [6.45, 7) is 3.74.